The van der Waals surface area contributed by atoms with Crippen molar-refractivity contribution in [3.8, 4) is 22.8 Å². The number of nitrogens with zero attached hydrogens (tertiary/aromatic N) is 1. The lowest BCUT2D eigenvalue weighted by molar-refractivity contribution is 0.252. The first-order valence-electron chi connectivity index (χ1n) is 6.92. The van der Waals surface area contributed by atoms with E-state index in [2.05, 4.69) is 20.8 Å². The molecule has 7 nitrogen and oxygen atoms in total. The molecule has 0 unspecified atom stereocenters. The van der Waals surface area contributed by atoms with Gasteiger partial charge in [0.2, 0.25) is 0 Å². The molecule has 0 radical (unpaired) electrons. The minimum absolute atomic E-state index is 0.270. The SMILES string of the molecule is CCNC(=O)Nc1c(-c2ccc(OC)c(OC)c2)n[nH]c1C. The third-order valence-electron chi connectivity index (χ3n) is 3.18. The summed E-state index contributed by atoms with van der Waals surface area (Å²) in [5.41, 5.74) is 2.87. The van der Waals surface area contributed by atoms with Gasteiger partial charge in [-0.2, -0.15) is 5.10 Å². The van der Waals surface area contributed by atoms with Gasteiger partial charge in [-0.3, -0.25) is 5.10 Å². The first-order valence-corrected chi connectivity index (χ1v) is 6.92. The molecule has 0 bridgehead atoms. The van der Waals surface area contributed by atoms with Gasteiger partial charge in [0.05, 0.1) is 25.6 Å². The molecule has 0 saturated heterocycles. The Labute approximate surface area is 129 Å². The molecule has 0 fully saturated rings. The van der Waals surface area contributed by atoms with Crippen molar-refractivity contribution in [1.29, 1.82) is 0 Å². The lowest BCUT2D eigenvalue weighted by atomic mass is 10.1. The highest BCUT2D eigenvalue weighted by molar-refractivity contribution is 5.94. The molecule has 1 heterocycles. The Morgan fingerprint density at radius 3 is 2.64 bits per heavy atom. The quantitative estimate of drug-likeness (QED) is 0.792. The molecule has 2 aromatic rings. The van der Waals surface area contributed by atoms with Gasteiger partial charge in [-0.25, -0.2) is 4.79 Å². The van der Waals surface area contributed by atoms with E-state index < -0.39 is 0 Å². The topological polar surface area (TPSA) is 88.3 Å². The summed E-state index contributed by atoms with van der Waals surface area (Å²) in [6.45, 7) is 4.25. The van der Waals surface area contributed by atoms with E-state index in [1.54, 1.807) is 20.3 Å². The Morgan fingerprint density at radius 2 is 2.00 bits per heavy atom. The van der Waals surface area contributed by atoms with Gasteiger partial charge in [0.1, 0.15) is 5.69 Å². The number of nitrogens with one attached hydrogen (secondary N) is 3. The molecule has 0 aliphatic rings. The van der Waals surface area contributed by atoms with Crippen molar-refractivity contribution in [3.05, 3.63) is 23.9 Å². The number of H-pyrrole nitrogens is 1. The Balaban J connectivity index is 2.39. The summed E-state index contributed by atoms with van der Waals surface area (Å²) in [4.78, 5) is 11.8. The molecular formula is C15H20N4O3. The third kappa shape index (κ3) is 3.13. The molecule has 0 saturated carbocycles. The van der Waals surface area contributed by atoms with Crippen LogP contribution in [0.2, 0.25) is 0 Å². The fourth-order valence-electron chi connectivity index (χ4n) is 2.09. The number of amides is 2. The largest absolute Gasteiger partial charge is 0.493 e. The molecule has 118 valence electrons. The fourth-order valence-corrected chi connectivity index (χ4v) is 2.09. The first-order chi connectivity index (χ1) is 10.6. The second kappa shape index (κ2) is 6.84. The van der Waals surface area contributed by atoms with Crippen molar-refractivity contribution < 1.29 is 14.3 Å². The highest BCUT2D eigenvalue weighted by atomic mass is 16.5. The van der Waals surface area contributed by atoms with Crippen LogP contribution in [0, 0.1) is 6.92 Å². The minimum atomic E-state index is -0.270. The number of rotatable bonds is 5. The molecular weight excluding hydrogens is 284 g/mol. The second-order valence-electron chi connectivity index (χ2n) is 4.63. The van der Waals surface area contributed by atoms with Gasteiger partial charge in [0, 0.05) is 12.1 Å². The summed E-state index contributed by atoms with van der Waals surface area (Å²) in [5, 5.41) is 12.7. The monoisotopic (exact) mass is 304 g/mol. The van der Waals surface area contributed by atoms with E-state index in [0.717, 1.165) is 11.3 Å². The zero-order chi connectivity index (χ0) is 16.1. The molecule has 0 atom stereocenters. The van der Waals surface area contributed by atoms with E-state index in [0.29, 0.717) is 29.4 Å². The summed E-state index contributed by atoms with van der Waals surface area (Å²) in [6.07, 6.45) is 0. The summed E-state index contributed by atoms with van der Waals surface area (Å²) < 4.78 is 10.5. The second-order valence-corrected chi connectivity index (χ2v) is 4.63. The van der Waals surface area contributed by atoms with Crippen LogP contribution in [0.15, 0.2) is 18.2 Å². The van der Waals surface area contributed by atoms with E-state index in [1.807, 2.05) is 26.0 Å². The summed E-state index contributed by atoms with van der Waals surface area (Å²) in [6, 6.07) is 5.21. The lowest BCUT2D eigenvalue weighted by Gasteiger charge is -2.10. The summed E-state index contributed by atoms with van der Waals surface area (Å²) in [5.74, 6) is 1.24. The molecule has 22 heavy (non-hydrogen) atoms. The Bertz CT molecular complexity index is 667. The number of anilines is 1. The number of hydrogen-bond donors (Lipinski definition) is 3. The molecule has 0 aliphatic heterocycles. The molecule has 0 aliphatic carbocycles. The van der Waals surface area contributed by atoms with Gasteiger partial charge in [-0.05, 0) is 32.0 Å². The average molecular weight is 304 g/mol. The van der Waals surface area contributed by atoms with Crippen molar-refractivity contribution >= 4 is 11.7 Å². The maximum atomic E-state index is 11.8. The van der Waals surface area contributed by atoms with Crippen molar-refractivity contribution in [1.82, 2.24) is 15.5 Å². The zero-order valence-corrected chi connectivity index (χ0v) is 13.1. The number of aromatic nitrogens is 2. The van der Waals surface area contributed by atoms with Crippen LogP contribution in [0.1, 0.15) is 12.6 Å². The van der Waals surface area contributed by atoms with Crippen LogP contribution in [0.5, 0.6) is 11.5 Å². The highest BCUT2D eigenvalue weighted by Crippen LogP contribution is 2.35. The fraction of sp³-hybridized carbons (Fsp3) is 0.333. The molecule has 2 amide bonds. The maximum absolute atomic E-state index is 11.8. The molecule has 2 rings (SSSR count). The van der Waals surface area contributed by atoms with Gasteiger partial charge >= 0.3 is 6.03 Å². The standard InChI is InChI=1S/C15H20N4O3/c1-5-16-15(20)17-13-9(2)18-19-14(13)10-6-7-11(21-3)12(8-10)22-4/h6-8H,5H2,1-4H3,(H,18,19)(H2,16,17,20). The van der Waals surface area contributed by atoms with Crippen LogP contribution in [-0.2, 0) is 0 Å². The number of benzene rings is 1. The van der Waals surface area contributed by atoms with Crippen LogP contribution in [0.4, 0.5) is 10.5 Å². The third-order valence-corrected chi connectivity index (χ3v) is 3.18. The van der Waals surface area contributed by atoms with E-state index >= 15 is 0 Å². The number of urea groups is 1. The molecule has 1 aromatic heterocycles. The van der Waals surface area contributed by atoms with Gasteiger partial charge < -0.3 is 20.1 Å². The van der Waals surface area contributed by atoms with Crippen LogP contribution >= 0.6 is 0 Å². The normalized spacial score (nSPS) is 10.2. The van der Waals surface area contributed by atoms with E-state index in [9.17, 15) is 4.79 Å². The van der Waals surface area contributed by atoms with Crippen molar-refractivity contribution in [2.75, 3.05) is 26.1 Å². The lowest BCUT2D eigenvalue weighted by Crippen LogP contribution is -2.28. The minimum Gasteiger partial charge on any atom is -0.493 e. The van der Waals surface area contributed by atoms with Crippen molar-refractivity contribution in [2.24, 2.45) is 0 Å². The molecule has 7 heteroatoms. The van der Waals surface area contributed by atoms with E-state index in [1.165, 1.54) is 0 Å². The Hall–Kier alpha value is -2.70. The average Bonchev–Trinajstić information content (AvgIpc) is 2.88. The smallest absolute Gasteiger partial charge is 0.319 e. The number of aryl methyl sites for hydroxylation is 1. The molecule has 3 N–H and O–H groups in total. The predicted molar refractivity (Wildman–Crippen MR) is 84.6 cm³/mol. The van der Waals surface area contributed by atoms with E-state index in [4.69, 9.17) is 9.47 Å². The van der Waals surface area contributed by atoms with Crippen LogP contribution in [0.25, 0.3) is 11.3 Å². The van der Waals surface area contributed by atoms with Crippen molar-refractivity contribution in [2.45, 2.75) is 13.8 Å². The van der Waals surface area contributed by atoms with Crippen LogP contribution in [-0.4, -0.2) is 37.0 Å². The predicted octanol–water partition coefficient (Wildman–Crippen LogP) is 2.54. The zero-order valence-electron chi connectivity index (χ0n) is 13.1. The molecule has 0 spiro atoms. The number of aromatic amines is 1. The van der Waals surface area contributed by atoms with Crippen LogP contribution < -0.4 is 20.1 Å². The first kappa shape index (κ1) is 15.7. The number of carbonyl (C=O) groups excluding carboxylic acids is 1. The maximum Gasteiger partial charge on any atom is 0.319 e. The number of carbonyl (C=O) groups is 1. The van der Waals surface area contributed by atoms with Crippen molar-refractivity contribution in [3.63, 3.8) is 0 Å². The number of hydrogen-bond acceptors (Lipinski definition) is 4. The summed E-state index contributed by atoms with van der Waals surface area (Å²) in [7, 11) is 3.16. The summed E-state index contributed by atoms with van der Waals surface area (Å²) >= 11 is 0. The van der Waals surface area contributed by atoms with E-state index in [-0.39, 0.29) is 6.03 Å². The van der Waals surface area contributed by atoms with Crippen LogP contribution in [0.3, 0.4) is 0 Å². The Kier molecular flexibility index (Phi) is 4.88. The number of ether oxygens (including phenoxy) is 2. The van der Waals surface area contributed by atoms with Gasteiger partial charge in [-0.1, -0.05) is 0 Å². The number of methoxy groups -OCH3 is 2. The van der Waals surface area contributed by atoms with Gasteiger partial charge in [0.15, 0.2) is 11.5 Å². The molecule has 1 aromatic carbocycles. The van der Waals surface area contributed by atoms with Gasteiger partial charge in [-0.15, -0.1) is 0 Å². The van der Waals surface area contributed by atoms with Gasteiger partial charge in [0.25, 0.3) is 0 Å². The highest BCUT2D eigenvalue weighted by Gasteiger charge is 2.16. The Morgan fingerprint density at radius 1 is 1.27 bits per heavy atom.